The molecule has 0 fully saturated rings. The summed E-state index contributed by atoms with van der Waals surface area (Å²) in [5, 5.41) is 10.5. The molecule has 1 heteroatoms. The zero-order valence-corrected chi connectivity index (χ0v) is 20.2. The van der Waals surface area contributed by atoms with E-state index < -0.39 is 5.60 Å². The normalized spacial score (nSPS) is 13.7. The molecule has 1 nitrogen and oxygen atoms in total. The van der Waals surface area contributed by atoms with Crippen LogP contribution < -0.4 is 0 Å². The van der Waals surface area contributed by atoms with Crippen molar-refractivity contribution in [3.05, 3.63) is 0 Å². The Hall–Kier alpha value is -0.0400. The molecule has 0 aromatic rings. The third kappa shape index (κ3) is 22.3. The largest absolute Gasteiger partial charge is 0.390 e. The molecule has 0 rings (SSSR count). The van der Waals surface area contributed by atoms with Crippen LogP contribution in [0, 0.1) is 0 Å². The van der Waals surface area contributed by atoms with Crippen LogP contribution in [0.5, 0.6) is 0 Å². The zero-order valence-electron chi connectivity index (χ0n) is 20.2. The Balaban J connectivity index is 3.24. The summed E-state index contributed by atoms with van der Waals surface area (Å²) in [4.78, 5) is 0. The fourth-order valence-corrected chi connectivity index (χ4v) is 4.29. The van der Waals surface area contributed by atoms with Crippen LogP contribution in [0.1, 0.15) is 168 Å². The van der Waals surface area contributed by atoms with Crippen molar-refractivity contribution >= 4 is 0 Å². The van der Waals surface area contributed by atoms with E-state index in [0.29, 0.717) is 0 Å². The van der Waals surface area contributed by atoms with Crippen LogP contribution in [0.3, 0.4) is 0 Å². The predicted octanol–water partition coefficient (Wildman–Crippen LogP) is 9.75. The van der Waals surface area contributed by atoms with E-state index in [2.05, 4.69) is 20.8 Å². The number of unbranched alkanes of at least 4 members (excludes halogenated alkanes) is 19. The van der Waals surface area contributed by atoms with Crippen LogP contribution in [0.2, 0.25) is 0 Å². The Morgan fingerprint density at radius 1 is 0.393 bits per heavy atom. The van der Waals surface area contributed by atoms with Crippen LogP contribution in [0.15, 0.2) is 0 Å². The van der Waals surface area contributed by atoms with E-state index >= 15 is 0 Å². The molecule has 0 aliphatic rings. The third-order valence-corrected chi connectivity index (χ3v) is 6.39. The molecule has 170 valence electrons. The van der Waals surface area contributed by atoms with E-state index in [9.17, 15) is 5.11 Å². The lowest BCUT2D eigenvalue weighted by molar-refractivity contribution is 0.0366. The number of aliphatic hydroxyl groups is 1. The number of rotatable bonds is 23. The quantitative estimate of drug-likeness (QED) is 0.170. The van der Waals surface area contributed by atoms with Crippen molar-refractivity contribution in [2.24, 2.45) is 0 Å². The number of hydrogen-bond donors (Lipinski definition) is 1. The highest BCUT2D eigenvalue weighted by Crippen LogP contribution is 2.23. The summed E-state index contributed by atoms with van der Waals surface area (Å²) < 4.78 is 0. The molecule has 0 saturated carbocycles. The van der Waals surface area contributed by atoms with Crippen molar-refractivity contribution in [2.45, 2.75) is 174 Å². The van der Waals surface area contributed by atoms with E-state index in [1.807, 2.05) is 0 Å². The Morgan fingerprint density at radius 2 is 0.607 bits per heavy atom. The van der Waals surface area contributed by atoms with Gasteiger partial charge in [-0.3, -0.25) is 0 Å². The smallest absolute Gasteiger partial charge is 0.0619 e. The van der Waals surface area contributed by atoms with Gasteiger partial charge in [0, 0.05) is 0 Å². The molecule has 0 saturated heterocycles. The maximum atomic E-state index is 10.5. The molecule has 0 aliphatic carbocycles. The monoisotopic (exact) mass is 396 g/mol. The molecule has 0 bridgehead atoms. The molecule has 0 radical (unpaired) electrons. The van der Waals surface area contributed by atoms with Gasteiger partial charge >= 0.3 is 0 Å². The maximum Gasteiger partial charge on any atom is 0.0619 e. The van der Waals surface area contributed by atoms with Gasteiger partial charge in [0.25, 0.3) is 0 Å². The lowest BCUT2D eigenvalue weighted by Gasteiger charge is -2.23. The van der Waals surface area contributed by atoms with Gasteiger partial charge in [-0.2, -0.15) is 0 Å². The van der Waals surface area contributed by atoms with Crippen LogP contribution in [0.4, 0.5) is 0 Å². The first-order valence-corrected chi connectivity index (χ1v) is 13.3. The summed E-state index contributed by atoms with van der Waals surface area (Å²) >= 11 is 0. The Labute approximate surface area is 179 Å². The second-order valence-corrected chi connectivity index (χ2v) is 9.71. The van der Waals surface area contributed by atoms with E-state index in [1.165, 1.54) is 135 Å². The average molecular weight is 397 g/mol. The minimum absolute atomic E-state index is 0.415. The summed E-state index contributed by atoms with van der Waals surface area (Å²) in [6, 6.07) is 0. The van der Waals surface area contributed by atoms with Gasteiger partial charge < -0.3 is 5.11 Å². The summed E-state index contributed by atoms with van der Waals surface area (Å²) in [5.41, 5.74) is -0.415. The summed E-state index contributed by atoms with van der Waals surface area (Å²) in [6.45, 7) is 6.62. The standard InChI is InChI=1S/C27H56O/c1-4-6-8-10-12-13-14-15-16-17-18-19-20-22-24-26-27(3,28)25-23-21-11-9-7-5-2/h28H,4-26H2,1-3H3. The highest BCUT2D eigenvalue weighted by Gasteiger charge is 2.18. The van der Waals surface area contributed by atoms with Crippen LogP contribution in [-0.2, 0) is 0 Å². The summed E-state index contributed by atoms with van der Waals surface area (Å²) in [5.74, 6) is 0. The Morgan fingerprint density at radius 3 is 0.857 bits per heavy atom. The van der Waals surface area contributed by atoms with Crippen LogP contribution in [-0.4, -0.2) is 10.7 Å². The minimum atomic E-state index is -0.415. The van der Waals surface area contributed by atoms with Crippen molar-refractivity contribution in [1.82, 2.24) is 0 Å². The SMILES string of the molecule is CCCCCCCCCCCCCCCCCC(C)(O)CCCCCCCC. The van der Waals surface area contributed by atoms with Crippen molar-refractivity contribution in [3.8, 4) is 0 Å². The van der Waals surface area contributed by atoms with E-state index in [-0.39, 0.29) is 0 Å². The molecule has 1 unspecified atom stereocenters. The molecule has 1 N–H and O–H groups in total. The molecule has 28 heavy (non-hydrogen) atoms. The molecule has 1 atom stereocenters. The lowest BCUT2D eigenvalue weighted by Crippen LogP contribution is -2.23. The van der Waals surface area contributed by atoms with Gasteiger partial charge in [-0.05, 0) is 19.8 Å². The highest BCUT2D eigenvalue weighted by atomic mass is 16.3. The van der Waals surface area contributed by atoms with E-state index in [0.717, 1.165) is 12.8 Å². The molecule has 0 spiro atoms. The van der Waals surface area contributed by atoms with Crippen LogP contribution >= 0.6 is 0 Å². The van der Waals surface area contributed by atoms with Gasteiger partial charge in [-0.1, -0.05) is 149 Å². The number of hydrogen-bond acceptors (Lipinski definition) is 1. The zero-order chi connectivity index (χ0) is 20.8. The molecule has 0 amide bonds. The van der Waals surface area contributed by atoms with Gasteiger partial charge in [0.1, 0.15) is 0 Å². The average Bonchev–Trinajstić information content (AvgIpc) is 2.67. The minimum Gasteiger partial charge on any atom is -0.390 e. The molecule has 0 aromatic carbocycles. The van der Waals surface area contributed by atoms with Crippen molar-refractivity contribution < 1.29 is 5.11 Å². The first-order valence-electron chi connectivity index (χ1n) is 13.3. The Bertz CT molecular complexity index is 284. The molecule has 0 aliphatic heterocycles. The van der Waals surface area contributed by atoms with Gasteiger partial charge in [0.15, 0.2) is 0 Å². The van der Waals surface area contributed by atoms with Crippen LogP contribution in [0.25, 0.3) is 0 Å². The molecule has 0 heterocycles. The van der Waals surface area contributed by atoms with E-state index in [1.54, 1.807) is 0 Å². The topological polar surface area (TPSA) is 20.2 Å². The van der Waals surface area contributed by atoms with Gasteiger partial charge in [-0.25, -0.2) is 0 Å². The second kappa shape index (κ2) is 21.7. The van der Waals surface area contributed by atoms with Gasteiger partial charge in [0.05, 0.1) is 5.60 Å². The summed E-state index contributed by atoms with van der Waals surface area (Å²) in [6.07, 6.45) is 31.0. The molecule has 0 aromatic heterocycles. The molecular weight excluding hydrogens is 340 g/mol. The van der Waals surface area contributed by atoms with Gasteiger partial charge in [0.2, 0.25) is 0 Å². The highest BCUT2D eigenvalue weighted by molar-refractivity contribution is 4.72. The maximum absolute atomic E-state index is 10.5. The fourth-order valence-electron chi connectivity index (χ4n) is 4.29. The molecular formula is C27H56O. The fraction of sp³-hybridized carbons (Fsp3) is 1.00. The van der Waals surface area contributed by atoms with Crippen molar-refractivity contribution in [3.63, 3.8) is 0 Å². The van der Waals surface area contributed by atoms with E-state index in [4.69, 9.17) is 0 Å². The Kier molecular flexibility index (Phi) is 21.6. The van der Waals surface area contributed by atoms with Crippen molar-refractivity contribution in [1.29, 1.82) is 0 Å². The first-order chi connectivity index (χ1) is 13.6. The lowest BCUT2D eigenvalue weighted by atomic mass is 9.91. The second-order valence-electron chi connectivity index (χ2n) is 9.71. The third-order valence-electron chi connectivity index (χ3n) is 6.39. The first kappa shape index (κ1) is 28.0. The summed E-state index contributed by atoms with van der Waals surface area (Å²) in [7, 11) is 0. The van der Waals surface area contributed by atoms with Gasteiger partial charge in [-0.15, -0.1) is 0 Å². The van der Waals surface area contributed by atoms with Crippen molar-refractivity contribution in [2.75, 3.05) is 0 Å². The predicted molar refractivity (Wildman–Crippen MR) is 128 cm³/mol.